The lowest BCUT2D eigenvalue weighted by atomic mass is 10.1. The minimum Gasteiger partial charge on any atom is -0.359 e. The molecule has 3 nitrogen and oxygen atoms in total. The van der Waals surface area contributed by atoms with Gasteiger partial charge in [0, 0.05) is 25.8 Å². The summed E-state index contributed by atoms with van der Waals surface area (Å²) in [6.45, 7) is 1.88. The van der Waals surface area contributed by atoms with Gasteiger partial charge in [-0.1, -0.05) is 13.0 Å². The quantitative estimate of drug-likeness (QED) is 0.868. The monoisotopic (exact) mass is 275 g/mol. The average molecular weight is 275 g/mol. The van der Waals surface area contributed by atoms with E-state index >= 15 is 0 Å². The predicted octanol–water partition coefficient (Wildman–Crippen LogP) is 2.75. The number of nitrogens with two attached hydrogens (primary N) is 1. The number of pyridine rings is 1. The molecule has 0 saturated carbocycles. The second kappa shape index (κ2) is 6.75. The maximum atomic E-state index is 12.2. The SMILES string of the molecule is CCC(N)Cc1cccnc1N(C)CCC(F)(F)F. The summed E-state index contributed by atoms with van der Waals surface area (Å²) in [5.74, 6) is 0.579. The first-order chi connectivity index (χ1) is 8.83. The molecular formula is C13H20F3N3. The second-order valence-electron chi connectivity index (χ2n) is 4.65. The normalized spacial score (nSPS) is 13.4. The highest BCUT2D eigenvalue weighted by Crippen LogP contribution is 2.23. The lowest BCUT2D eigenvalue weighted by molar-refractivity contribution is -0.132. The van der Waals surface area contributed by atoms with E-state index in [1.54, 1.807) is 19.3 Å². The largest absolute Gasteiger partial charge is 0.390 e. The molecule has 6 heteroatoms. The maximum Gasteiger partial charge on any atom is 0.390 e. The molecule has 0 amide bonds. The lowest BCUT2D eigenvalue weighted by Gasteiger charge is -2.22. The number of nitrogens with zero attached hydrogens (tertiary/aromatic N) is 2. The minimum atomic E-state index is -4.15. The summed E-state index contributed by atoms with van der Waals surface area (Å²) in [5, 5.41) is 0. The van der Waals surface area contributed by atoms with Crippen LogP contribution in [0.25, 0.3) is 0 Å². The van der Waals surface area contributed by atoms with Gasteiger partial charge in [-0.15, -0.1) is 0 Å². The van der Waals surface area contributed by atoms with Crippen LogP contribution in [0.2, 0.25) is 0 Å². The summed E-state index contributed by atoms with van der Waals surface area (Å²) in [6.07, 6.45) is -1.97. The molecule has 0 aromatic carbocycles. The van der Waals surface area contributed by atoms with Crippen molar-refractivity contribution in [2.24, 2.45) is 5.73 Å². The van der Waals surface area contributed by atoms with Gasteiger partial charge in [0.1, 0.15) is 5.82 Å². The van der Waals surface area contributed by atoms with Gasteiger partial charge in [-0.3, -0.25) is 0 Å². The van der Waals surface area contributed by atoms with Crippen LogP contribution in [0, 0.1) is 0 Å². The smallest absolute Gasteiger partial charge is 0.359 e. The molecule has 0 saturated heterocycles. The third-order valence-corrected chi connectivity index (χ3v) is 2.97. The third kappa shape index (κ3) is 5.46. The van der Waals surface area contributed by atoms with Crippen molar-refractivity contribution in [2.75, 3.05) is 18.5 Å². The van der Waals surface area contributed by atoms with Gasteiger partial charge in [0.2, 0.25) is 0 Å². The predicted molar refractivity (Wildman–Crippen MR) is 70.1 cm³/mol. The minimum absolute atomic E-state index is 0.000957. The highest BCUT2D eigenvalue weighted by atomic mass is 19.4. The van der Waals surface area contributed by atoms with Crippen molar-refractivity contribution in [1.82, 2.24) is 4.98 Å². The van der Waals surface area contributed by atoms with Crippen LogP contribution in [0.5, 0.6) is 0 Å². The molecule has 0 radical (unpaired) electrons. The van der Waals surface area contributed by atoms with Crippen LogP contribution >= 0.6 is 0 Å². The Morgan fingerprint density at radius 3 is 2.68 bits per heavy atom. The van der Waals surface area contributed by atoms with Crippen molar-refractivity contribution in [3.05, 3.63) is 23.9 Å². The molecule has 0 aliphatic rings. The fourth-order valence-electron chi connectivity index (χ4n) is 1.76. The topological polar surface area (TPSA) is 42.1 Å². The zero-order valence-corrected chi connectivity index (χ0v) is 11.2. The van der Waals surface area contributed by atoms with Gasteiger partial charge < -0.3 is 10.6 Å². The van der Waals surface area contributed by atoms with Crippen molar-refractivity contribution in [3.63, 3.8) is 0 Å². The van der Waals surface area contributed by atoms with Crippen LogP contribution in [0.3, 0.4) is 0 Å². The molecule has 0 bridgehead atoms. The highest BCUT2D eigenvalue weighted by molar-refractivity contribution is 5.46. The molecule has 2 N–H and O–H groups in total. The van der Waals surface area contributed by atoms with E-state index < -0.39 is 12.6 Å². The van der Waals surface area contributed by atoms with Gasteiger partial charge in [0.25, 0.3) is 0 Å². The first-order valence-electron chi connectivity index (χ1n) is 6.31. The zero-order valence-electron chi connectivity index (χ0n) is 11.2. The lowest BCUT2D eigenvalue weighted by Crippen LogP contribution is -2.27. The molecular weight excluding hydrogens is 255 g/mol. The van der Waals surface area contributed by atoms with Crippen molar-refractivity contribution < 1.29 is 13.2 Å². The van der Waals surface area contributed by atoms with E-state index in [0.717, 1.165) is 12.0 Å². The summed E-state index contributed by atoms with van der Waals surface area (Å²) in [5.41, 5.74) is 6.78. The summed E-state index contributed by atoms with van der Waals surface area (Å²) < 4.78 is 36.7. The molecule has 1 heterocycles. The fraction of sp³-hybridized carbons (Fsp3) is 0.615. The van der Waals surface area contributed by atoms with Crippen LogP contribution in [0.15, 0.2) is 18.3 Å². The van der Waals surface area contributed by atoms with E-state index in [0.29, 0.717) is 12.2 Å². The first kappa shape index (κ1) is 15.8. The number of rotatable bonds is 6. The Morgan fingerprint density at radius 2 is 2.11 bits per heavy atom. The molecule has 1 aromatic rings. The molecule has 1 rings (SSSR count). The maximum absolute atomic E-state index is 12.2. The third-order valence-electron chi connectivity index (χ3n) is 2.97. The van der Waals surface area contributed by atoms with Gasteiger partial charge in [-0.2, -0.15) is 13.2 Å². The Hall–Kier alpha value is -1.30. The van der Waals surface area contributed by atoms with E-state index in [2.05, 4.69) is 4.98 Å². The number of halogens is 3. The van der Waals surface area contributed by atoms with Gasteiger partial charge in [0.15, 0.2) is 0 Å². The highest BCUT2D eigenvalue weighted by Gasteiger charge is 2.27. The molecule has 1 aromatic heterocycles. The standard InChI is InChI=1S/C13H20F3N3/c1-3-11(17)9-10-5-4-7-18-12(10)19(2)8-6-13(14,15)16/h4-5,7,11H,3,6,8-9,17H2,1-2H3. The molecule has 1 atom stereocenters. The summed E-state index contributed by atoms with van der Waals surface area (Å²) in [6, 6.07) is 3.64. The molecule has 0 spiro atoms. The van der Waals surface area contributed by atoms with Crippen LogP contribution in [-0.2, 0) is 6.42 Å². The molecule has 108 valence electrons. The Balaban J connectivity index is 2.75. The average Bonchev–Trinajstić information content (AvgIpc) is 2.35. The van der Waals surface area contributed by atoms with Crippen molar-refractivity contribution in [3.8, 4) is 0 Å². The van der Waals surface area contributed by atoms with Crippen LogP contribution in [0.1, 0.15) is 25.3 Å². The Bertz CT molecular complexity index is 393. The molecule has 0 fully saturated rings. The number of alkyl halides is 3. The second-order valence-corrected chi connectivity index (χ2v) is 4.65. The number of hydrogen-bond donors (Lipinski definition) is 1. The Labute approximate surface area is 111 Å². The van der Waals surface area contributed by atoms with Gasteiger partial charge >= 0.3 is 6.18 Å². The molecule has 0 aliphatic heterocycles. The van der Waals surface area contributed by atoms with Crippen molar-refractivity contribution >= 4 is 5.82 Å². The molecule has 0 aliphatic carbocycles. The Morgan fingerprint density at radius 1 is 1.42 bits per heavy atom. The van der Waals surface area contributed by atoms with Gasteiger partial charge in [-0.05, 0) is 24.5 Å². The number of aromatic nitrogens is 1. The summed E-state index contributed by atoms with van der Waals surface area (Å²) >= 11 is 0. The molecule has 1 unspecified atom stereocenters. The van der Waals surface area contributed by atoms with E-state index in [-0.39, 0.29) is 12.6 Å². The van der Waals surface area contributed by atoms with E-state index in [9.17, 15) is 13.2 Å². The van der Waals surface area contributed by atoms with Crippen LogP contribution < -0.4 is 10.6 Å². The Kier molecular flexibility index (Phi) is 5.60. The van der Waals surface area contributed by atoms with E-state index in [1.807, 2.05) is 13.0 Å². The fourth-order valence-corrected chi connectivity index (χ4v) is 1.76. The van der Waals surface area contributed by atoms with Crippen LogP contribution in [0.4, 0.5) is 19.0 Å². The van der Waals surface area contributed by atoms with Crippen molar-refractivity contribution in [2.45, 2.75) is 38.4 Å². The van der Waals surface area contributed by atoms with Gasteiger partial charge in [-0.25, -0.2) is 4.98 Å². The molecule has 19 heavy (non-hydrogen) atoms. The summed E-state index contributed by atoms with van der Waals surface area (Å²) in [4.78, 5) is 5.70. The number of hydrogen-bond acceptors (Lipinski definition) is 3. The van der Waals surface area contributed by atoms with E-state index in [1.165, 1.54) is 4.90 Å². The zero-order chi connectivity index (χ0) is 14.5. The van der Waals surface area contributed by atoms with Crippen molar-refractivity contribution in [1.29, 1.82) is 0 Å². The van der Waals surface area contributed by atoms with Crippen LogP contribution in [-0.4, -0.2) is 30.8 Å². The van der Waals surface area contributed by atoms with E-state index in [4.69, 9.17) is 5.73 Å². The number of anilines is 1. The first-order valence-corrected chi connectivity index (χ1v) is 6.31. The van der Waals surface area contributed by atoms with Gasteiger partial charge in [0.05, 0.1) is 6.42 Å². The summed E-state index contributed by atoms with van der Waals surface area (Å²) in [7, 11) is 1.62.